The van der Waals surface area contributed by atoms with Gasteiger partial charge in [0, 0.05) is 21.7 Å². The average Bonchev–Trinajstić information content (AvgIpc) is 1.36. The van der Waals surface area contributed by atoms with Gasteiger partial charge in [0.1, 0.15) is 0 Å². The summed E-state index contributed by atoms with van der Waals surface area (Å²) in [4.78, 5) is 18.2. The van der Waals surface area contributed by atoms with Crippen LogP contribution in [-0.4, -0.2) is 22.2 Å². The number of carboxylic acids is 2. The Morgan fingerprint density at radius 3 is 1.25 bits per heavy atom. The first-order valence-corrected chi connectivity index (χ1v) is 1.11. The Morgan fingerprint density at radius 2 is 1.25 bits per heavy atom. The fourth-order valence-corrected chi connectivity index (χ4v) is 0. The van der Waals surface area contributed by atoms with E-state index in [0.29, 0.717) is 0 Å². The van der Waals surface area contributed by atoms with Crippen molar-refractivity contribution in [2.24, 2.45) is 0 Å². The van der Waals surface area contributed by atoms with Gasteiger partial charge in [0.25, 0.3) is 0 Å². The van der Waals surface area contributed by atoms with Crippen LogP contribution in [0.5, 0.6) is 0 Å². The van der Waals surface area contributed by atoms with Gasteiger partial charge in [-0.15, -0.1) is 0 Å². The normalized spacial score (nSPS) is 5.50. The zero-order valence-electron chi connectivity index (χ0n) is 5.21. The third-order valence-corrected chi connectivity index (χ3v) is 0.183. The molecular formula is C2H3O4RbTi. The molecule has 0 aromatic heterocycles. The van der Waals surface area contributed by atoms with Gasteiger partial charge >= 0.3 is 70.1 Å². The Kier molecular flexibility index (Phi) is 17.2. The van der Waals surface area contributed by atoms with E-state index in [2.05, 4.69) is 0 Å². The van der Waals surface area contributed by atoms with Crippen LogP contribution in [0.25, 0.3) is 0 Å². The quantitative estimate of drug-likeness (QED) is 0.328. The first-order chi connectivity index (χ1) is 2.64. The fraction of sp³-hybridized carbons (Fsp3) is 0. The van der Waals surface area contributed by atoms with E-state index in [4.69, 9.17) is 19.8 Å². The van der Waals surface area contributed by atoms with E-state index in [1.54, 1.807) is 0 Å². The second-order valence-electron chi connectivity index (χ2n) is 0.610. The molecule has 0 saturated carbocycles. The van der Waals surface area contributed by atoms with Crippen LogP contribution in [0.2, 0.25) is 0 Å². The van der Waals surface area contributed by atoms with E-state index in [1.165, 1.54) is 0 Å². The Labute approximate surface area is 111 Å². The van der Waals surface area contributed by atoms with Gasteiger partial charge in [-0.1, -0.05) is 0 Å². The summed E-state index contributed by atoms with van der Waals surface area (Å²) in [5, 5.41) is 14.8. The maximum absolute atomic E-state index is 9.10. The largest absolute Gasteiger partial charge is 1.00 e. The average molecular weight is 224 g/mol. The van der Waals surface area contributed by atoms with Crippen molar-refractivity contribution in [1.82, 2.24) is 0 Å². The number of hydrogen-bond donors (Lipinski definition) is 2. The molecule has 0 bridgehead atoms. The van der Waals surface area contributed by atoms with Crippen molar-refractivity contribution >= 4 is 11.9 Å². The van der Waals surface area contributed by atoms with Gasteiger partial charge in [0.05, 0.1) is 0 Å². The zero-order valence-corrected chi connectivity index (χ0v) is 10.7. The van der Waals surface area contributed by atoms with E-state index in [0.717, 1.165) is 0 Å². The first-order valence-electron chi connectivity index (χ1n) is 1.11. The number of carboxylic acid groups (broad SMARTS) is 2. The number of aliphatic carboxylic acids is 2. The first kappa shape index (κ1) is 16.2. The second kappa shape index (κ2) is 8.46. The summed E-state index contributed by atoms with van der Waals surface area (Å²) < 4.78 is 0. The molecule has 40 valence electrons. The van der Waals surface area contributed by atoms with Crippen LogP contribution in [0.1, 0.15) is 1.43 Å². The van der Waals surface area contributed by atoms with Crippen molar-refractivity contribution in [3.63, 3.8) is 0 Å². The van der Waals surface area contributed by atoms with Crippen molar-refractivity contribution in [1.29, 1.82) is 0 Å². The van der Waals surface area contributed by atoms with Gasteiger partial charge in [-0.3, -0.25) is 0 Å². The smallest absolute Gasteiger partial charge is 1.00 e. The van der Waals surface area contributed by atoms with Crippen LogP contribution in [-0.2, 0) is 31.3 Å². The minimum atomic E-state index is -1.82. The molecule has 0 unspecified atom stereocenters. The third-order valence-electron chi connectivity index (χ3n) is 0.183. The van der Waals surface area contributed by atoms with E-state index < -0.39 is 11.9 Å². The van der Waals surface area contributed by atoms with Crippen molar-refractivity contribution in [2.75, 3.05) is 0 Å². The molecule has 0 aromatic carbocycles. The Hall–Kier alpha value is 1.46. The molecular weight excluding hydrogens is 221 g/mol. The third kappa shape index (κ3) is 10.4. The molecule has 0 aliphatic heterocycles. The maximum atomic E-state index is 9.10. The van der Waals surface area contributed by atoms with Crippen molar-refractivity contribution < 1.29 is 101 Å². The summed E-state index contributed by atoms with van der Waals surface area (Å²) in [6.45, 7) is 0. The topological polar surface area (TPSA) is 74.6 Å². The summed E-state index contributed by atoms with van der Waals surface area (Å²) in [6.07, 6.45) is 0. The predicted octanol–water partition coefficient (Wildman–Crippen LogP) is -3.73. The molecule has 0 amide bonds. The van der Waals surface area contributed by atoms with Gasteiger partial charge in [-0.25, -0.2) is 9.59 Å². The Bertz CT molecular complexity index is 84.6. The van der Waals surface area contributed by atoms with Gasteiger partial charge in [-0.2, -0.15) is 0 Å². The molecule has 0 atom stereocenters. The van der Waals surface area contributed by atoms with Gasteiger partial charge in [0.15, 0.2) is 0 Å². The molecule has 8 heavy (non-hydrogen) atoms. The maximum Gasteiger partial charge on any atom is 1.00 e. The van der Waals surface area contributed by atoms with Crippen molar-refractivity contribution in [2.45, 2.75) is 0 Å². The van der Waals surface area contributed by atoms with Crippen LogP contribution in [0.4, 0.5) is 0 Å². The zero-order chi connectivity index (χ0) is 5.15. The van der Waals surface area contributed by atoms with Gasteiger partial charge in [-0.05, 0) is 0 Å². The van der Waals surface area contributed by atoms with Crippen molar-refractivity contribution in [3.8, 4) is 0 Å². The van der Waals surface area contributed by atoms with E-state index in [1.807, 2.05) is 0 Å². The van der Waals surface area contributed by atoms with Crippen LogP contribution in [0, 0.1) is 0 Å². The summed E-state index contributed by atoms with van der Waals surface area (Å²) in [6, 6.07) is 0. The van der Waals surface area contributed by atoms with Crippen molar-refractivity contribution in [3.05, 3.63) is 0 Å². The SMILES string of the molecule is O=C(O)C(=O)O.[H-].[Rb+].[Ti]. The minimum Gasteiger partial charge on any atom is -1.00 e. The predicted molar refractivity (Wildman–Crippen MR) is 16.4 cm³/mol. The monoisotopic (exact) mass is 224 g/mol. The van der Waals surface area contributed by atoms with E-state index in [9.17, 15) is 0 Å². The molecule has 0 aliphatic rings. The summed E-state index contributed by atoms with van der Waals surface area (Å²) in [5.74, 6) is -3.65. The van der Waals surface area contributed by atoms with Crippen LogP contribution in [0.15, 0.2) is 0 Å². The molecule has 4 nitrogen and oxygen atoms in total. The Balaban J connectivity index is -0.0000000417. The molecule has 2 N–H and O–H groups in total. The van der Waals surface area contributed by atoms with E-state index in [-0.39, 0.29) is 81.3 Å². The number of hydrogen-bond acceptors (Lipinski definition) is 2. The minimum absolute atomic E-state index is 0. The van der Waals surface area contributed by atoms with E-state index >= 15 is 0 Å². The number of carbonyl (C=O) groups is 2. The summed E-state index contributed by atoms with van der Waals surface area (Å²) in [5.41, 5.74) is 0. The molecule has 0 fully saturated rings. The van der Waals surface area contributed by atoms with Crippen LogP contribution < -0.4 is 58.2 Å². The molecule has 0 rings (SSSR count). The fourth-order valence-electron chi connectivity index (χ4n) is 0. The molecule has 0 radical (unpaired) electrons. The van der Waals surface area contributed by atoms with Gasteiger partial charge in [0.2, 0.25) is 0 Å². The molecule has 0 heterocycles. The van der Waals surface area contributed by atoms with Crippen LogP contribution in [0.3, 0.4) is 0 Å². The molecule has 0 spiro atoms. The molecule has 6 heteroatoms. The molecule has 0 saturated heterocycles. The standard InChI is InChI=1S/C2H2O4.Rb.Ti.H/c3-1(4)2(5)6;;;/h(H,3,4)(H,5,6);;;/q;+1;;-1. The summed E-state index contributed by atoms with van der Waals surface area (Å²) in [7, 11) is 0. The Morgan fingerprint density at radius 1 is 1.12 bits per heavy atom. The number of rotatable bonds is 0. The summed E-state index contributed by atoms with van der Waals surface area (Å²) >= 11 is 0. The molecule has 0 aromatic rings. The molecule has 0 aliphatic carbocycles. The second-order valence-corrected chi connectivity index (χ2v) is 0.610. The van der Waals surface area contributed by atoms with Crippen LogP contribution >= 0.6 is 0 Å². The van der Waals surface area contributed by atoms with Gasteiger partial charge < -0.3 is 11.6 Å².